The van der Waals surface area contributed by atoms with Crippen LogP contribution in [0.3, 0.4) is 0 Å². The zero-order valence-corrected chi connectivity index (χ0v) is 14.0. The molecule has 1 N–H and O–H groups in total. The summed E-state index contributed by atoms with van der Waals surface area (Å²) in [5.74, 6) is 1.02. The fourth-order valence-electron chi connectivity index (χ4n) is 3.33. The second-order valence-electron chi connectivity index (χ2n) is 6.55. The molecular weight excluding hydrogens is 308 g/mol. The second-order valence-corrected chi connectivity index (χ2v) is 6.55. The molecule has 8 nitrogen and oxygen atoms in total. The maximum atomic E-state index is 11.5. The van der Waals surface area contributed by atoms with Gasteiger partial charge in [-0.25, -0.2) is 9.97 Å². The molecule has 128 valence electrons. The summed E-state index contributed by atoms with van der Waals surface area (Å²) in [6.07, 6.45) is 9.32. The lowest BCUT2D eigenvalue weighted by atomic mass is 9.89. The monoisotopic (exact) mass is 330 g/mol. The largest absolute Gasteiger partial charge is 0.354 e. The van der Waals surface area contributed by atoms with E-state index in [9.17, 15) is 10.1 Å². The molecule has 0 atom stereocenters. The molecule has 1 aliphatic carbocycles. The molecule has 1 fully saturated rings. The van der Waals surface area contributed by atoms with Crippen molar-refractivity contribution in [3.05, 3.63) is 21.5 Å². The summed E-state index contributed by atoms with van der Waals surface area (Å²) in [4.78, 5) is 28.2. The van der Waals surface area contributed by atoms with E-state index in [2.05, 4.69) is 25.3 Å². The minimum atomic E-state index is -1.06. The first-order valence-corrected chi connectivity index (χ1v) is 8.36. The predicted octanol–water partition coefficient (Wildman–Crippen LogP) is 3.01. The van der Waals surface area contributed by atoms with E-state index in [4.69, 9.17) is 0 Å². The van der Waals surface area contributed by atoms with Crippen molar-refractivity contribution in [1.29, 1.82) is 0 Å². The number of aromatic nitrogens is 2. The van der Waals surface area contributed by atoms with E-state index in [1.807, 2.05) is 0 Å². The van der Waals surface area contributed by atoms with Crippen LogP contribution in [0.2, 0.25) is 0 Å². The summed E-state index contributed by atoms with van der Waals surface area (Å²) in [6, 6.07) is 0. The number of hydrogen-bond acceptors (Lipinski definition) is 7. The molecule has 0 saturated heterocycles. The van der Waals surface area contributed by atoms with Crippen molar-refractivity contribution < 1.29 is 4.92 Å². The minimum Gasteiger partial charge on any atom is -0.354 e. The average molecular weight is 330 g/mol. The fraction of sp³-hybridized carbons (Fsp3) is 0.625. The van der Waals surface area contributed by atoms with E-state index in [0.717, 1.165) is 6.54 Å². The van der Waals surface area contributed by atoms with Gasteiger partial charge >= 0.3 is 5.69 Å². The van der Waals surface area contributed by atoms with Crippen LogP contribution in [-0.2, 0) is 5.66 Å². The lowest BCUT2D eigenvalue weighted by molar-refractivity contribution is -0.387. The molecule has 24 heavy (non-hydrogen) atoms. The van der Waals surface area contributed by atoms with Gasteiger partial charge in [0, 0.05) is 19.0 Å². The van der Waals surface area contributed by atoms with Crippen LogP contribution in [0.1, 0.15) is 50.4 Å². The number of aliphatic imine (C=N–C) groups is 2. The van der Waals surface area contributed by atoms with E-state index < -0.39 is 10.6 Å². The molecular formula is C16H22N6O2. The van der Waals surface area contributed by atoms with Crippen LogP contribution in [-0.4, -0.2) is 33.9 Å². The van der Waals surface area contributed by atoms with Crippen LogP contribution in [0.15, 0.2) is 9.98 Å². The molecule has 0 bridgehead atoms. The van der Waals surface area contributed by atoms with Gasteiger partial charge < -0.3 is 5.32 Å². The number of rotatable bonds is 5. The first-order chi connectivity index (χ1) is 11.5. The lowest BCUT2D eigenvalue weighted by Gasteiger charge is -2.22. The summed E-state index contributed by atoms with van der Waals surface area (Å²) in [5.41, 5.74) is -0.611. The third-order valence-electron chi connectivity index (χ3n) is 4.68. The van der Waals surface area contributed by atoms with Crippen LogP contribution in [0.25, 0.3) is 0 Å². The van der Waals surface area contributed by atoms with E-state index in [1.54, 1.807) is 13.8 Å². The number of nitrogens with zero attached hydrogens (tertiary/aromatic N) is 5. The van der Waals surface area contributed by atoms with Crippen molar-refractivity contribution in [2.75, 3.05) is 11.9 Å². The van der Waals surface area contributed by atoms with Crippen molar-refractivity contribution in [3.63, 3.8) is 0 Å². The van der Waals surface area contributed by atoms with Gasteiger partial charge in [0.05, 0.1) is 4.92 Å². The van der Waals surface area contributed by atoms with Gasteiger partial charge in [-0.05, 0) is 32.6 Å². The number of hydrogen-bond donors (Lipinski definition) is 1. The molecule has 1 aliphatic heterocycles. The zero-order valence-electron chi connectivity index (χ0n) is 14.0. The normalized spacial score (nSPS) is 19.6. The highest BCUT2D eigenvalue weighted by Crippen LogP contribution is 2.36. The van der Waals surface area contributed by atoms with Crippen LogP contribution < -0.4 is 5.32 Å². The van der Waals surface area contributed by atoms with Crippen LogP contribution >= 0.6 is 0 Å². The van der Waals surface area contributed by atoms with Gasteiger partial charge in [-0.2, -0.15) is 0 Å². The van der Waals surface area contributed by atoms with Crippen LogP contribution in [0, 0.1) is 23.0 Å². The van der Waals surface area contributed by atoms with Crippen molar-refractivity contribution >= 4 is 24.1 Å². The van der Waals surface area contributed by atoms with E-state index >= 15 is 0 Å². The third kappa shape index (κ3) is 3.27. The number of nitrogens with one attached hydrogen (secondary N) is 1. The summed E-state index contributed by atoms with van der Waals surface area (Å²) in [6.45, 7) is 4.13. The summed E-state index contributed by atoms with van der Waals surface area (Å²) < 4.78 is 0. The summed E-state index contributed by atoms with van der Waals surface area (Å²) >= 11 is 0. The molecule has 0 unspecified atom stereocenters. The quantitative estimate of drug-likeness (QED) is 0.660. The molecule has 0 amide bonds. The number of anilines is 1. The maximum Gasteiger partial charge on any atom is 0.316 e. The highest BCUT2D eigenvalue weighted by Gasteiger charge is 2.37. The van der Waals surface area contributed by atoms with Gasteiger partial charge in [0.15, 0.2) is 11.4 Å². The van der Waals surface area contributed by atoms with Gasteiger partial charge in [-0.3, -0.25) is 20.1 Å². The Bertz CT molecular complexity index is 682. The second kappa shape index (κ2) is 6.62. The molecule has 1 aromatic rings. The highest BCUT2D eigenvalue weighted by molar-refractivity contribution is 6.17. The Hall–Kier alpha value is -2.38. The van der Waals surface area contributed by atoms with Gasteiger partial charge in [0.2, 0.25) is 5.95 Å². The molecule has 0 radical (unpaired) electrons. The topological polar surface area (TPSA) is 106 Å². The minimum absolute atomic E-state index is 0.114. The van der Waals surface area contributed by atoms with Gasteiger partial charge in [-0.1, -0.05) is 19.3 Å². The van der Waals surface area contributed by atoms with E-state index in [-0.39, 0.29) is 11.4 Å². The van der Waals surface area contributed by atoms with Gasteiger partial charge in [0.25, 0.3) is 0 Å². The smallest absolute Gasteiger partial charge is 0.316 e. The Morgan fingerprint density at radius 2 is 1.92 bits per heavy atom. The Morgan fingerprint density at radius 3 is 2.54 bits per heavy atom. The fourth-order valence-corrected chi connectivity index (χ4v) is 3.33. The average Bonchev–Trinajstić information content (AvgIpc) is 3.01. The summed E-state index contributed by atoms with van der Waals surface area (Å²) in [7, 11) is 0. The van der Waals surface area contributed by atoms with Gasteiger partial charge in [-0.15, -0.1) is 0 Å². The standard InChI is InChI=1S/C16H22N6O2/c1-11-13(22(23)24)14(16(2)18-8-9-19-16)21-15(20-11)17-10-12-6-4-3-5-7-12/h8-9,12H,3-7,10H2,1-2H3,(H,17,20,21). The van der Waals surface area contributed by atoms with Crippen LogP contribution in [0.4, 0.5) is 11.6 Å². The van der Waals surface area contributed by atoms with Crippen molar-refractivity contribution in [2.45, 2.75) is 51.6 Å². The predicted molar refractivity (Wildman–Crippen MR) is 92.8 cm³/mol. The first kappa shape index (κ1) is 16.5. The molecule has 2 aliphatic rings. The Balaban J connectivity index is 1.88. The molecule has 3 rings (SSSR count). The van der Waals surface area contributed by atoms with Crippen molar-refractivity contribution in [1.82, 2.24) is 9.97 Å². The Morgan fingerprint density at radius 1 is 1.25 bits per heavy atom. The Kier molecular flexibility index (Phi) is 4.55. The highest BCUT2D eigenvalue weighted by atomic mass is 16.6. The SMILES string of the molecule is Cc1nc(NCC2CCCCC2)nc(C2(C)N=CC=N2)c1[N+](=O)[O-]. The third-order valence-corrected chi connectivity index (χ3v) is 4.68. The lowest BCUT2D eigenvalue weighted by Crippen LogP contribution is -2.23. The molecule has 1 saturated carbocycles. The maximum absolute atomic E-state index is 11.5. The molecule has 8 heteroatoms. The van der Waals surface area contributed by atoms with E-state index in [0.29, 0.717) is 17.6 Å². The zero-order chi connectivity index (χ0) is 17.2. The summed E-state index contributed by atoms with van der Waals surface area (Å²) in [5, 5.41) is 14.7. The van der Waals surface area contributed by atoms with Gasteiger partial charge in [0.1, 0.15) is 5.69 Å². The number of nitro groups is 1. The van der Waals surface area contributed by atoms with Crippen LogP contribution in [0.5, 0.6) is 0 Å². The molecule has 1 aromatic heterocycles. The van der Waals surface area contributed by atoms with Crippen molar-refractivity contribution in [3.8, 4) is 0 Å². The molecule has 0 spiro atoms. The molecule has 0 aromatic carbocycles. The first-order valence-electron chi connectivity index (χ1n) is 8.36. The van der Waals surface area contributed by atoms with E-state index in [1.165, 1.54) is 44.5 Å². The Labute approximate surface area is 140 Å². The van der Waals surface area contributed by atoms with Crippen molar-refractivity contribution in [2.24, 2.45) is 15.9 Å². The number of aryl methyl sites for hydroxylation is 1. The molecule has 2 heterocycles.